The summed E-state index contributed by atoms with van der Waals surface area (Å²) >= 11 is 0. The summed E-state index contributed by atoms with van der Waals surface area (Å²) in [6.07, 6.45) is 12.9. The predicted molar refractivity (Wildman–Crippen MR) is 221 cm³/mol. The minimum absolute atomic E-state index is 0.0477. The van der Waals surface area contributed by atoms with Crippen LogP contribution in [-0.4, -0.2) is 101 Å². The van der Waals surface area contributed by atoms with Crippen LogP contribution in [-0.2, 0) is 29.2 Å². The number of ether oxygens (including phenoxy) is 2. The van der Waals surface area contributed by atoms with Crippen LogP contribution in [0, 0.1) is 18.8 Å². The van der Waals surface area contributed by atoms with Gasteiger partial charge in [0.25, 0.3) is 5.91 Å². The average molecular weight is 827 g/mol. The number of aryl methyl sites for hydroxylation is 1. The fourth-order valence-electron chi connectivity index (χ4n) is 8.99. The predicted octanol–water partition coefficient (Wildman–Crippen LogP) is 4.98. The van der Waals surface area contributed by atoms with Gasteiger partial charge in [-0.05, 0) is 89.0 Å². The first-order valence-corrected chi connectivity index (χ1v) is 22.7. The molecule has 14 nitrogen and oxygen atoms in total. The molecule has 2 saturated carbocycles. The van der Waals surface area contributed by atoms with Crippen molar-refractivity contribution in [3.05, 3.63) is 60.3 Å². The number of sulfonamides is 1. The first kappa shape index (κ1) is 40.7. The smallest absolute Gasteiger partial charge is 0.259 e. The molecule has 0 bridgehead atoms. The number of hydrogen-bond acceptors (Lipinski definition) is 10. The van der Waals surface area contributed by atoms with Crippen LogP contribution in [0.25, 0.3) is 22.3 Å². The van der Waals surface area contributed by atoms with Crippen molar-refractivity contribution in [1.82, 2.24) is 29.8 Å². The van der Waals surface area contributed by atoms with Gasteiger partial charge in [-0.3, -0.25) is 28.9 Å². The van der Waals surface area contributed by atoms with E-state index in [-0.39, 0.29) is 37.6 Å². The van der Waals surface area contributed by atoms with Gasteiger partial charge in [0.2, 0.25) is 27.7 Å². The van der Waals surface area contributed by atoms with E-state index in [0.717, 1.165) is 50.5 Å². The van der Waals surface area contributed by atoms with Gasteiger partial charge >= 0.3 is 0 Å². The van der Waals surface area contributed by atoms with Crippen LogP contribution in [0.3, 0.4) is 0 Å². The Balaban J connectivity index is 1.13. The van der Waals surface area contributed by atoms with Crippen LogP contribution in [0.4, 0.5) is 0 Å². The van der Waals surface area contributed by atoms with E-state index in [4.69, 9.17) is 14.5 Å². The van der Waals surface area contributed by atoms with E-state index in [9.17, 15) is 27.6 Å². The van der Waals surface area contributed by atoms with Gasteiger partial charge in [-0.15, -0.1) is 0 Å². The molecule has 1 aromatic carbocycles. The number of hydrogen-bond donors (Lipinski definition) is 2. The quantitative estimate of drug-likeness (QED) is 0.280. The molecule has 5 atom stereocenters. The summed E-state index contributed by atoms with van der Waals surface area (Å²) < 4.78 is 40.6. The third-order valence-electron chi connectivity index (χ3n) is 12.7. The molecule has 5 aliphatic rings. The van der Waals surface area contributed by atoms with Crippen LogP contribution >= 0.6 is 0 Å². The third kappa shape index (κ3) is 8.66. The van der Waals surface area contributed by atoms with Crippen LogP contribution in [0.15, 0.2) is 54.7 Å². The second-order valence-corrected chi connectivity index (χ2v) is 18.8. The Morgan fingerprint density at radius 3 is 2.53 bits per heavy atom. The summed E-state index contributed by atoms with van der Waals surface area (Å²) in [5.41, 5.74) is 1.19. The van der Waals surface area contributed by atoms with Crippen LogP contribution < -0.4 is 19.5 Å². The Hall–Kier alpha value is -5.05. The fraction of sp³-hybridized carbons (Fsp3) is 0.545. The van der Waals surface area contributed by atoms with Gasteiger partial charge in [0.1, 0.15) is 29.2 Å². The molecule has 8 rings (SSSR count). The van der Waals surface area contributed by atoms with Gasteiger partial charge in [0.05, 0.1) is 35.8 Å². The zero-order chi connectivity index (χ0) is 41.3. The zero-order valence-electron chi connectivity index (χ0n) is 33.9. The van der Waals surface area contributed by atoms with E-state index in [1.807, 2.05) is 60.4 Å². The van der Waals surface area contributed by atoms with E-state index in [1.165, 1.54) is 4.90 Å². The van der Waals surface area contributed by atoms with Crippen molar-refractivity contribution >= 4 is 44.6 Å². The maximum Gasteiger partial charge on any atom is 0.259 e. The highest BCUT2D eigenvalue weighted by Gasteiger charge is 2.62. The summed E-state index contributed by atoms with van der Waals surface area (Å²) in [5.74, 6) is -1.59. The maximum atomic E-state index is 14.9. The second-order valence-electron chi connectivity index (χ2n) is 16.8. The van der Waals surface area contributed by atoms with Crippen molar-refractivity contribution in [2.24, 2.45) is 11.8 Å². The van der Waals surface area contributed by atoms with Gasteiger partial charge < -0.3 is 24.6 Å². The van der Waals surface area contributed by atoms with Crippen molar-refractivity contribution in [3.63, 3.8) is 0 Å². The number of rotatable bonds is 9. The number of allylic oxidation sites excluding steroid dienone is 1. The van der Waals surface area contributed by atoms with E-state index < -0.39 is 56.6 Å². The summed E-state index contributed by atoms with van der Waals surface area (Å²) in [6, 6.07) is 10.0. The number of likely N-dealkylation sites (tertiary alicyclic amines) is 1. The number of amides is 4. The molecule has 314 valence electrons. The number of piperidine rings is 1. The molecular weight excluding hydrogens is 773 g/mol. The second kappa shape index (κ2) is 16.9. The standard InChI is InChI=1S/C44H54N6O8S/c1-28-37(57-2)19-18-33-38(25-35(46-40(28)33)34-15-9-10-20-45-34)58-31-24-36-41(52)47-44(43(54)48-59(55,56)32-16-17-32)26-30(44)14-8-5-3-4-7-13-29(42(53)50(36)27-31)23-39(51)49-21-11-6-12-22-49/h8-10,14-15,18-20,25,29-32,36H,3-7,11-13,16-17,21-24,26-27H2,1-2H3,(H,47,52)(H,48,54)/t29-,30-,31-,36+,44-/m1/s1. The number of nitrogens with zero attached hydrogens (tertiary/aromatic N) is 4. The maximum absolute atomic E-state index is 14.9. The lowest BCUT2D eigenvalue weighted by Gasteiger charge is -2.31. The number of carbonyl (C=O) groups is 4. The molecule has 2 aromatic heterocycles. The Labute approximate surface area is 345 Å². The molecule has 59 heavy (non-hydrogen) atoms. The highest BCUT2D eigenvalue weighted by molar-refractivity contribution is 7.91. The molecule has 5 heterocycles. The van der Waals surface area contributed by atoms with Gasteiger partial charge in [0, 0.05) is 61.0 Å². The fourth-order valence-corrected chi connectivity index (χ4v) is 10.3. The Morgan fingerprint density at radius 1 is 0.983 bits per heavy atom. The largest absolute Gasteiger partial charge is 0.496 e. The van der Waals surface area contributed by atoms with Crippen molar-refractivity contribution in [3.8, 4) is 22.9 Å². The number of carbonyl (C=O) groups excluding carboxylic acids is 4. The first-order chi connectivity index (χ1) is 28.5. The van der Waals surface area contributed by atoms with Gasteiger partial charge in [-0.25, -0.2) is 13.4 Å². The Morgan fingerprint density at radius 2 is 1.78 bits per heavy atom. The van der Waals surface area contributed by atoms with E-state index in [2.05, 4.69) is 15.0 Å². The number of nitrogens with one attached hydrogen (secondary N) is 2. The third-order valence-corrected chi connectivity index (χ3v) is 14.5. The van der Waals surface area contributed by atoms with E-state index in [1.54, 1.807) is 13.3 Å². The Kier molecular flexibility index (Phi) is 11.7. The highest BCUT2D eigenvalue weighted by Crippen LogP contribution is 2.46. The molecule has 2 N–H and O–H groups in total. The molecular formula is C44H54N6O8S. The molecule has 2 saturated heterocycles. The summed E-state index contributed by atoms with van der Waals surface area (Å²) in [4.78, 5) is 70.0. The lowest BCUT2D eigenvalue weighted by Crippen LogP contribution is -2.57. The van der Waals surface area contributed by atoms with Gasteiger partial charge in [0.15, 0.2) is 0 Å². The van der Waals surface area contributed by atoms with Crippen molar-refractivity contribution in [2.75, 3.05) is 26.7 Å². The molecule has 2 aliphatic carbocycles. The van der Waals surface area contributed by atoms with Crippen molar-refractivity contribution in [2.45, 2.75) is 113 Å². The summed E-state index contributed by atoms with van der Waals surface area (Å²) in [7, 11) is -2.29. The van der Waals surface area contributed by atoms with Crippen molar-refractivity contribution < 1.29 is 37.1 Å². The SMILES string of the molecule is COc1ccc2c(O[C@@H]3C[C@H]4C(=O)N[C@]5(C(=O)NS(=O)(=O)C6CC6)C[C@H]5C=CCCCCC[C@H](CC(=O)N5CCCCC5)C(=O)N4C3)cc(-c3ccccn3)nc2c1C. The molecule has 15 heteroatoms. The van der Waals surface area contributed by atoms with E-state index >= 15 is 0 Å². The topological polar surface area (TPSA) is 177 Å². The molecule has 0 spiro atoms. The molecule has 3 aromatic rings. The highest BCUT2D eigenvalue weighted by atomic mass is 32.2. The lowest BCUT2D eigenvalue weighted by atomic mass is 9.94. The monoisotopic (exact) mass is 826 g/mol. The lowest BCUT2D eigenvalue weighted by molar-refractivity contribution is -0.145. The normalized spacial score (nSPS) is 26.5. The van der Waals surface area contributed by atoms with Crippen LogP contribution in [0.1, 0.15) is 89.0 Å². The van der Waals surface area contributed by atoms with Gasteiger partial charge in [-0.2, -0.15) is 0 Å². The molecule has 0 unspecified atom stereocenters. The summed E-state index contributed by atoms with van der Waals surface area (Å²) in [6.45, 7) is 3.32. The molecule has 4 amide bonds. The zero-order valence-corrected chi connectivity index (χ0v) is 34.7. The minimum Gasteiger partial charge on any atom is -0.496 e. The molecule has 3 aliphatic heterocycles. The van der Waals surface area contributed by atoms with Crippen LogP contribution in [0.2, 0.25) is 0 Å². The number of aromatic nitrogens is 2. The Bertz CT molecular complexity index is 2240. The number of methoxy groups -OCH3 is 1. The number of pyridine rings is 2. The summed E-state index contributed by atoms with van der Waals surface area (Å²) in [5, 5.41) is 3.06. The number of benzene rings is 1. The van der Waals surface area contributed by atoms with E-state index in [0.29, 0.717) is 66.1 Å². The van der Waals surface area contributed by atoms with Gasteiger partial charge in [-0.1, -0.05) is 31.1 Å². The number of fused-ring (bicyclic) bond motifs is 3. The average Bonchev–Trinajstić information content (AvgIpc) is 4.17. The van der Waals surface area contributed by atoms with Crippen molar-refractivity contribution in [1.29, 1.82) is 0 Å². The molecule has 4 fully saturated rings. The van der Waals surface area contributed by atoms with Crippen LogP contribution in [0.5, 0.6) is 11.5 Å². The minimum atomic E-state index is -3.89. The molecule has 0 radical (unpaired) electrons. The first-order valence-electron chi connectivity index (χ1n) is 21.2.